The molecule has 0 spiro atoms. The van der Waals surface area contributed by atoms with Crippen LogP contribution in [0.4, 0.5) is 4.39 Å². The van der Waals surface area contributed by atoms with Crippen molar-refractivity contribution in [2.24, 2.45) is 0 Å². The number of unbranched alkanes of at least 4 members (excludes halogenated alkanes) is 12. The summed E-state index contributed by atoms with van der Waals surface area (Å²) in [7, 11) is 0. The monoisotopic (exact) mass is 314 g/mol. The molecule has 0 N–H and O–H groups in total. The second kappa shape index (κ2) is 15.8. The lowest BCUT2D eigenvalue weighted by molar-refractivity contribution is 0.122. The highest BCUT2D eigenvalue weighted by Crippen LogP contribution is 2.30. The van der Waals surface area contributed by atoms with E-state index in [4.69, 9.17) is 0 Å². The second-order valence-electron chi connectivity index (χ2n) is 7.25. The molecule has 0 heterocycles. The molecule has 22 heavy (non-hydrogen) atoms. The van der Waals surface area contributed by atoms with Crippen LogP contribution in [0.5, 0.6) is 0 Å². The van der Waals surface area contributed by atoms with E-state index < -0.39 is 5.67 Å². The van der Waals surface area contributed by atoms with E-state index in [0.717, 1.165) is 25.7 Å². The first-order chi connectivity index (χ1) is 10.7. The van der Waals surface area contributed by atoms with E-state index in [1.807, 2.05) is 6.92 Å². The Labute approximate surface area is 140 Å². The van der Waals surface area contributed by atoms with Gasteiger partial charge in [0.15, 0.2) is 0 Å². The van der Waals surface area contributed by atoms with Gasteiger partial charge in [0.1, 0.15) is 5.67 Å². The summed E-state index contributed by atoms with van der Waals surface area (Å²) < 4.78 is 14.6. The van der Waals surface area contributed by atoms with Crippen molar-refractivity contribution in [3.05, 3.63) is 0 Å². The molecule has 0 saturated heterocycles. The summed E-state index contributed by atoms with van der Waals surface area (Å²) in [5.74, 6) is 0. The molecule has 0 rings (SSSR count). The lowest BCUT2D eigenvalue weighted by Gasteiger charge is -2.23. The molecule has 0 aromatic rings. The van der Waals surface area contributed by atoms with Crippen LogP contribution < -0.4 is 0 Å². The van der Waals surface area contributed by atoms with Crippen molar-refractivity contribution in [1.29, 1.82) is 0 Å². The van der Waals surface area contributed by atoms with Crippen LogP contribution in [0.1, 0.15) is 130 Å². The molecule has 0 aliphatic rings. The number of alkyl halides is 1. The molecule has 0 aliphatic carbocycles. The second-order valence-corrected chi connectivity index (χ2v) is 7.25. The van der Waals surface area contributed by atoms with Gasteiger partial charge in [0, 0.05) is 0 Å². The van der Waals surface area contributed by atoms with Crippen LogP contribution in [-0.2, 0) is 0 Å². The molecular weight excluding hydrogens is 271 g/mol. The van der Waals surface area contributed by atoms with Gasteiger partial charge in [0.05, 0.1) is 0 Å². The summed E-state index contributed by atoms with van der Waals surface area (Å²) in [6.45, 7) is 6.48. The Morgan fingerprint density at radius 1 is 0.500 bits per heavy atom. The Kier molecular flexibility index (Phi) is 15.8. The minimum atomic E-state index is -0.867. The highest BCUT2D eigenvalue weighted by Gasteiger charge is 2.25. The summed E-state index contributed by atoms with van der Waals surface area (Å²) in [5, 5.41) is 0. The van der Waals surface area contributed by atoms with Crippen LogP contribution >= 0.6 is 0 Å². The average Bonchev–Trinajstić information content (AvgIpc) is 2.53. The highest BCUT2D eigenvalue weighted by molar-refractivity contribution is 4.77. The number of hydrogen-bond donors (Lipinski definition) is 0. The van der Waals surface area contributed by atoms with Crippen molar-refractivity contribution in [3.63, 3.8) is 0 Å². The SMILES string of the molecule is CCCCCCCCCCCCCC(F)(CC)CCCCC. The average molecular weight is 315 g/mol. The van der Waals surface area contributed by atoms with Gasteiger partial charge in [-0.3, -0.25) is 0 Å². The largest absolute Gasteiger partial charge is 0.244 e. The van der Waals surface area contributed by atoms with Crippen molar-refractivity contribution < 1.29 is 4.39 Å². The third-order valence-corrected chi connectivity index (χ3v) is 5.09. The molecule has 134 valence electrons. The fourth-order valence-electron chi connectivity index (χ4n) is 3.28. The van der Waals surface area contributed by atoms with Gasteiger partial charge in [0.2, 0.25) is 0 Å². The van der Waals surface area contributed by atoms with Crippen LogP contribution in [0.25, 0.3) is 0 Å². The smallest absolute Gasteiger partial charge is 0.110 e. The summed E-state index contributed by atoms with van der Waals surface area (Å²) in [6, 6.07) is 0. The molecule has 1 atom stereocenters. The van der Waals surface area contributed by atoms with Crippen molar-refractivity contribution in [3.8, 4) is 0 Å². The fourth-order valence-corrected chi connectivity index (χ4v) is 3.28. The van der Waals surface area contributed by atoms with Gasteiger partial charge in [-0.2, -0.15) is 0 Å². The molecule has 0 aliphatic heterocycles. The molecule has 0 radical (unpaired) electrons. The van der Waals surface area contributed by atoms with E-state index in [1.165, 1.54) is 77.0 Å². The van der Waals surface area contributed by atoms with Gasteiger partial charge in [0.25, 0.3) is 0 Å². The molecule has 0 fully saturated rings. The van der Waals surface area contributed by atoms with Crippen LogP contribution in [0, 0.1) is 0 Å². The molecule has 1 heteroatoms. The van der Waals surface area contributed by atoms with E-state index in [1.54, 1.807) is 0 Å². The Morgan fingerprint density at radius 3 is 1.23 bits per heavy atom. The molecule has 0 nitrogen and oxygen atoms in total. The van der Waals surface area contributed by atoms with E-state index in [9.17, 15) is 4.39 Å². The quantitative estimate of drug-likeness (QED) is 0.236. The Hall–Kier alpha value is -0.0700. The molecule has 0 aromatic heterocycles. The van der Waals surface area contributed by atoms with Crippen LogP contribution in [0.2, 0.25) is 0 Å². The predicted molar refractivity (Wildman–Crippen MR) is 99.4 cm³/mol. The van der Waals surface area contributed by atoms with Gasteiger partial charge >= 0.3 is 0 Å². The molecular formula is C21H43F. The summed E-state index contributed by atoms with van der Waals surface area (Å²) in [5.41, 5.74) is -0.867. The van der Waals surface area contributed by atoms with Crippen molar-refractivity contribution in [2.75, 3.05) is 0 Å². The van der Waals surface area contributed by atoms with E-state index in [0.29, 0.717) is 6.42 Å². The third kappa shape index (κ3) is 13.6. The van der Waals surface area contributed by atoms with E-state index >= 15 is 0 Å². The third-order valence-electron chi connectivity index (χ3n) is 5.09. The van der Waals surface area contributed by atoms with Crippen molar-refractivity contribution >= 4 is 0 Å². The zero-order chi connectivity index (χ0) is 16.5. The summed E-state index contributed by atoms with van der Waals surface area (Å²) in [6.07, 6.45) is 20.5. The lowest BCUT2D eigenvalue weighted by Crippen LogP contribution is -2.21. The zero-order valence-electron chi connectivity index (χ0n) is 15.9. The van der Waals surface area contributed by atoms with Gasteiger partial charge < -0.3 is 0 Å². The standard InChI is InChI=1S/C21H43F/c1-4-7-9-10-11-12-13-14-15-16-18-20-21(22,6-3)19-17-8-5-2/h4-20H2,1-3H3. The molecule has 0 bridgehead atoms. The maximum atomic E-state index is 14.6. The van der Waals surface area contributed by atoms with Crippen molar-refractivity contribution in [1.82, 2.24) is 0 Å². The Balaban J connectivity index is 3.39. The normalized spacial score (nSPS) is 14.2. The zero-order valence-corrected chi connectivity index (χ0v) is 15.9. The topological polar surface area (TPSA) is 0 Å². The Bertz CT molecular complexity index is 214. The molecule has 1 unspecified atom stereocenters. The number of halogens is 1. The first-order valence-electron chi connectivity index (χ1n) is 10.4. The summed E-state index contributed by atoms with van der Waals surface area (Å²) in [4.78, 5) is 0. The molecule has 0 amide bonds. The molecule has 0 aromatic carbocycles. The van der Waals surface area contributed by atoms with E-state index in [-0.39, 0.29) is 0 Å². The fraction of sp³-hybridized carbons (Fsp3) is 1.00. The van der Waals surface area contributed by atoms with Gasteiger partial charge in [-0.25, -0.2) is 4.39 Å². The minimum absolute atomic E-state index is 0.703. The Morgan fingerprint density at radius 2 is 0.818 bits per heavy atom. The summed E-state index contributed by atoms with van der Waals surface area (Å²) >= 11 is 0. The van der Waals surface area contributed by atoms with Gasteiger partial charge in [-0.1, -0.05) is 111 Å². The van der Waals surface area contributed by atoms with E-state index in [2.05, 4.69) is 13.8 Å². The van der Waals surface area contributed by atoms with Crippen LogP contribution in [-0.4, -0.2) is 5.67 Å². The van der Waals surface area contributed by atoms with Crippen LogP contribution in [0.15, 0.2) is 0 Å². The van der Waals surface area contributed by atoms with Gasteiger partial charge in [-0.05, 0) is 19.3 Å². The number of rotatable bonds is 17. The number of hydrogen-bond acceptors (Lipinski definition) is 0. The van der Waals surface area contributed by atoms with Gasteiger partial charge in [-0.15, -0.1) is 0 Å². The minimum Gasteiger partial charge on any atom is -0.244 e. The first-order valence-corrected chi connectivity index (χ1v) is 10.4. The van der Waals surface area contributed by atoms with Crippen LogP contribution in [0.3, 0.4) is 0 Å². The first kappa shape index (κ1) is 21.9. The highest BCUT2D eigenvalue weighted by atomic mass is 19.1. The lowest BCUT2D eigenvalue weighted by atomic mass is 9.89. The predicted octanol–water partition coefficient (Wildman–Crippen LogP) is 8.39. The molecule has 0 saturated carbocycles. The maximum Gasteiger partial charge on any atom is 0.110 e. The van der Waals surface area contributed by atoms with Crippen molar-refractivity contribution in [2.45, 2.75) is 136 Å². The maximum absolute atomic E-state index is 14.6.